The van der Waals surface area contributed by atoms with Crippen molar-refractivity contribution in [3.05, 3.63) is 18.5 Å². The van der Waals surface area contributed by atoms with Crippen LogP contribution in [0.4, 0.5) is 5.95 Å². The fraction of sp³-hybridized carbons (Fsp3) is 0.615. The van der Waals surface area contributed by atoms with Crippen LogP contribution in [0.1, 0.15) is 13.3 Å². The van der Waals surface area contributed by atoms with Crippen molar-refractivity contribution >= 4 is 11.9 Å². The maximum atomic E-state index is 11.6. The zero-order valence-electron chi connectivity index (χ0n) is 11.6. The molecule has 0 spiro atoms. The minimum Gasteiger partial charge on any atom is -0.338 e. The molecule has 2 saturated heterocycles. The van der Waals surface area contributed by atoms with E-state index in [4.69, 9.17) is 0 Å². The Hall–Kier alpha value is -1.73. The minimum atomic E-state index is -0.0508. The van der Waals surface area contributed by atoms with E-state index in [1.165, 1.54) is 0 Å². The highest BCUT2D eigenvalue weighted by molar-refractivity contribution is 5.77. The lowest BCUT2D eigenvalue weighted by Crippen LogP contribution is -2.66. The molecule has 2 fully saturated rings. The second-order valence-electron chi connectivity index (χ2n) is 5.31. The van der Waals surface area contributed by atoms with Gasteiger partial charge in [-0.15, -0.1) is 0 Å². The molecule has 7 nitrogen and oxygen atoms in total. The van der Waals surface area contributed by atoms with Gasteiger partial charge in [-0.05, 0) is 13.0 Å². The number of hydrogen-bond donors (Lipinski definition) is 2. The van der Waals surface area contributed by atoms with E-state index < -0.39 is 0 Å². The third-order valence-electron chi connectivity index (χ3n) is 3.75. The summed E-state index contributed by atoms with van der Waals surface area (Å²) in [6.07, 6.45) is 4.03. The lowest BCUT2D eigenvalue weighted by Gasteiger charge is -2.42. The van der Waals surface area contributed by atoms with Crippen LogP contribution < -0.4 is 15.5 Å². The predicted molar refractivity (Wildman–Crippen MR) is 75.0 cm³/mol. The lowest BCUT2D eigenvalue weighted by molar-refractivity contribution is -0.126. The van der Waals surface area contributed by atoms with Gasteiger partial charge in [0.1, 0.15) is 6.29 Å². The number of hydrogen-bond acceptors (Lipinski definition) is 6. The summed E-state index contributed by atoms with van der Waals surface area (Å²) in [5.41, 5.74) is 0. The summed E-state index contributed by atoms with van der Waals surface area (Å²) in [6, 6.07) is 2.05. The average Bonchev–Trinajstić information content (AvgIpc) is 2.47. The molecular weight excluding hydrogens is 256 g/mol. The summed E-state index contributed by atoms with van der Waals surface area (Å²) in [5, 5.41) is 6.41. The van der Waals surface area contributed by atoms with Crippen molar-refractivity contribution in [3.8, 4) is 0 Å². The third-order valence-corrected chi connectivity index (χ3v) is 3.75. The Bertz CT molecular complexity index is 459. The number of carbonyl (C=O) groups is 1. The number of carbonyl (C=O) groups excluding carboxylic acids is 1. The Balaban J connectivity index is 1.57. The maximum absolute atomic E-state index is 11.6. The fourth-order valence-corrected chi connectivity index (χ4v) is 2.69. The molecule has 1 aromatic heterocycles. The highest BCUT2D eigenvalue weighted by atomic mass is 16.2. The molecule has 2 aliphatic heterocycles. The first-order chi connectivity index (χ1) is 9.72. The number of aromatic nitrogens is 2. The maximum Gasteiger partial charge on any atom is 0.225 e. The molecule has 0 aliphatic carbocycles. The van der Waals surface area contributed by atoms with E-state index in [2.05, 4.69) is 30.4 Å². The highest BCUT2D eigenvalue weighted by Crippen LogP contribution is 2.12. The van der Waals surface area contributed by atoms with Crippen molar-refractivity contribution in [3.63, 3.8) is 0 Å². The van der Waals surface area contributed by atoms with Gasteiger partial charge in [-0.25, -0.2) is 9.97 Å². The molecule has 2 N–H and O–H groups in total. The van der Waals surface area contributed by atoms with Crippen molar-refractivity contribution < 1.29 is 4.79 Å². The van der Waals surface area contributed by atoms with Gasteiger partial charge in [-0.3, -0.25) is 15.0 Å². The summed E-state index contributed by atoms with van der Waals surface area (Å²) in [5.74, 6) is 0.899. The molecule has 0 saturated carbocycles. The van der Waals surface area contributed by atoms with E-state index in [-0.39, 0.29) is 18.2 Å². The zero-order valence-corrected chi connectivity index (χ0v) is 11.6. The topological polar surface area (TPSA) is 73.4 Å². The summed E-state index contributed by atoms with van der Waals surface area (Å²) < 4.78 is 0. The van der Waals surface area contributed by atoms with Crippen LogP contribution in [0.3, 0.4) is 0 Å². The molecule has 2 atom stereocenters. The van der Waals surface area contributed by atoms with E-state index in [9.17, 15) is 4.79 Å². The Labute approximate surface area is 118 Å². The SMILES string of the molecule is CC1CC(=O)NC(N2CCN(c3ncccn3)CC2)N1. The zero-order chi connectivity index (χ0) is 13.9. The van der Waals surface area contributed by atoms with Crippen molar-refractivity contribution in [1.82, 2.24) is 25.5 Å². The van der Waals surface area contributed by atoms with Gasteiger partial charge in [0.2, 0.25) is 11.9 Å². The molecule has 2 unspecified atom stereocenters. The van der Waals surface area contributed by atoms with Gasteiger partial charge in [0.05, 0.1) is 0 Å². The van der Waals surface area contributed by atoms with Gasteiger partial charge >= 0.3 is 0 Å². The van der Waals surface area contributed by atoms with E-state index in [1.54, 1.807) is 12.4 Å². The first-order valence-electron chi connectivity index (χ1n) is 7.04. The van der Waals surface area contributed by atoms with Crippen molar-refractivity contribution in [2.45, 2.75) is 25.7 Å². The van der Waals surface area contributed by atoms with E-state index in [0.717, 1.165) is 32.1 Å². The van der Waals surface area contributed by atoms with E-state index >= 15 is 0 Å². The van der Waals surface area contributed by atoms with Crippen LogP contribution in [0.5, 0.6) is 0 Å². The van der Waals surface area contributed by atoms with Gasteiger partial charge in [0.25, 0.3) is 0 Å². The molecule has 1 aromatic rings. The summed E-state index contributed by atoms with van der Waals surface area (Å²) in [4.78, 5) is 24.6. The second kappa shape index (κ2) is 5.72. The Morgan fingerprint density at radius 1 is 1.20 bits per heavy atom. The van der Waals surface area contributed by atoms with Crippen LogP contribution in [0.25, 0.3) is 0 Å². The van der Waals surface area contributed by atoms with Crippen LogP contribution in [-0.2, 0) is 4.79 Å². The second-order valence-corrected chi connectivity index (χ2v) is 5.31. The molecule has 7 heteroatoms. The largest absolute Gasteiger partial charge is 0.338 e. The molecule has 3 rings (SSSR count). The third kappa shape index (κ3) is 2.88. The molecule has 0 radical (unpaired) electrons. The van der Waals surface area contributed by atoms with Crippen LogP contribution in [-0.4, -0.2) is 59.3 Å². The summed E-state index contributed by atoms with van der Waals surface area (Å²) in [6.45, 7) is 5.53. The van der Waals surface area contributed by atoms with Gasteiger partial charge in [0.15, 0.2) is 0 Å². The molecule has 0 bridgehead atoms. The van der Waals surface area contributed by atoms with Crippen LogP contribution in [0.2, 0.25) is 0 Å². The molecule has 0 aromatic carbocycles. The van der Waals surface area contributed by atoms with Gasteiger partial charge in [0, 0.05) is 51.0 Å². The number of anilines is 1. The van der Waals surface area contributed by atoms with Crippen molar-refractivity contribution in [1.29, 1.82) is 0 Å². The molecular formula is C13H20N6O. The molecule has 108 valence electrons. The number of nitrogens with zero attached hydrogens (tertiary/aromatic N) is 4. The molecule has 20 heavy (non-hydrogen) atoms. The normalized spacial score (nSPS) is 28.2. The first kappa shape index (κ1) is 13.3. The number of nitrogens with one attached hydrogen (secondary N) is 2. The molecule has 3 heterocycles. The summed E-state index contributed by atoms with van der Waals surface area (Å²) in [7, 11) is 0. The van der Waals surface area contributed by atoms with E-state index in [1.807, 2.05) is 13.0 Å². The van der Waals surface area contributed by atoms with Crippen LogP contribution in [0.15, 0.2) is 18.5 Å². The smallest absolute Gasteiger partial charge is 0.225 e. The number of amides is 1. The standard InChI is InChI=1S/C13H20N6O/c1-10-9-11(20)17-13(16-10)19-7-5-18(6-8-19)12-14-3-2-4-15-12/h2-4,10,13,16H,5-9H2,1H3,(H,17,20). The lowest BCUT2D eigenvalue weighted by atomic mass is 10.2. The highest BCUT2D eigenvalue weighted by Gasteiger charge is 2.30. The number of piperazine rings is 1. The van der Waals surface area contributed by atoms with Crippen LogP contribution in [0, 0.1) is 0 Å². The monoisotopic (exact) mass is 276 g/mol. The average molecular weight is 276 g/mol. The van der Waals surface area contributed by atoms with Gasteiger partial charge in [-0.2, -0.15) is 0 Å². The minimum absolute atomic E-state index is 0.0508. The molecule has 2 aliphatic rings. The van der Waals surface area contributed by atoms with Crippen molar-refractivity contribution in [2.24, 2.45) is 0 Å². The quantitative estimate of drug-likeness (QED) is 0.750. The van der Waals surface area contributed by atoms with Crippen molar-refractivity contribution in [2.75, 3.05) is 31.1 Å². The Morgan fingerprint density at radius 3 is 2.55 bits per heavy atom. The summed E-state index contributed by atoms with van der Waals surface area (Å²) >= 11 is 0. The fourth-order valence-electron chi connectivity index (χ4n) is 2.69. The van der Waals surface area contributed by atoms with Gasteiger partial charge < -0.3 is 10.2 Å². The molecule has 1 amide bonds. The predicted octanol–water partition coefficient (Wildman–Crippen LogP) is -0.620. The Kier molecular flexibility index (Phi) is 3.79. The number of rotatable bonds is 2. The van der Waals surface area contributed by atoms with E-state index in [0.29, 0.717) is 6.42 Å². The Morgan fingerprint density at radius 2 is 1.90 bits per heavy atom. The van der Waals surface area contributed by atoms with Gasteiger partial charge in [-0.1, -0.05) is 0 Å². The van der Waals surface area contributed by atoms with Crippen LogP contribution >= 0.6 is 0 Å². The first-order valence-corrected chi connectivity index (χ1v) is 7.04.